The molecule has 4 bridgehead atoms. The Labute approximate surface area is 222 Å². The van der Waals surface area contributed by atoms with Crippen LogP contribution < -0.4 is 5.32 Å². The maximum absolute atomic E-state index is 13.3. The zero-order valence-corrected chi connectivity index (χ0v) is 23.5. The van der Waals surface area contributed by atoms with E-state index in [0.29, 0.717) is 24.8 Å². The van der Waals surface area contributed by atoms with Gasteiger partial charge in [0.1, 0.15) is 11.4 Å². The van der Waals surface area contributed by atoms with Crippen molar-refractivity contribution >= 4 is 11.5 Å². The van der Waals surface area contributed by atoms with Gasteiger partial charge in [-0.25, -0.2) is 0 Å². The van der Waals surface area contributed by atoms with Gasteiger partial charge in [-0.05, 0) is 104 Å². The number of anilines is 1. The number of hydrogen-bond donors (Lipinski definition) is 3. The molecule has 5 fully saturated rings. The lowest BCUT2D eigenvalue weighted by molar-refractivity contribution is -0.221. The molecule has 3 N–H and O–H groups in total. The molecule has 204 valence electrons. The molecule has 10 atom stereocenters. The van der Waals surface area contributed by atoms with Gasteiger partial charge in [0.05, 0.1) is 18.1 Å². The third-order valence-corrected chi connectivity index (χ3v) is 12.8. The second-order valence-corrected chi connectivity index (χ2v) is 13.8. The molecule has 6 rings (SSSR count). The normalized spacial score (nSPS) is 46.6. The largest absolute Gasteiger partial charge is 0.392 e. The van der Waals surface area contributed by atoms with Gasteiger partial charge >= 0.3 is 0 Å². The number of hydrogen-bond acceptors (Lipinski definition) is 5. The quantitative estimate of drug-likeness (QED) is 0.473. The van der Waals surface area contributed by atoms with Gasteiger partial charge in [0.2, 0.25) is 0 Å². The summed E-state index contributed by atoms with van der Waals surface area (Å²) in [7, 11) is 1.68. The maximum Gasteiger partial charge on any atom is 0.141 e. The Bertz CT molecular complexity index is 1090. The summed E-state index contributed by atoms with van der Waals surface area (Å²) >= 11 is 0. The molecule has 5 heteroatoms. The Morgan fingerprint density at radius 1 is 1.19 bits per heavy atom. The van der Waals surface area contributed by atoms with Gasteiger partial charge in [-0.15, -0.1) is 0 Å². The van der Waals surface area contributed by atoms with E-state index in [9.17, 15) is 15.0 Å². The summed E-state index contributed by atoms with van der Waals surface area (Å²) in [4.78, 5) is 13.3. The zero-order chi connectivity index (χ0) is 26.4. The van der Waals surface area contributed by atoms with Gasteiger partial charge in [-0.2, -0.15) is 0 Å². The highest BCUT2D eigenvalue weighted by molar-refractivity contribution is 5.88. The Morgan fingerprint density at radius 3 is 2.65 bits per heavy atom. The topological polar surface area (TPSA) is 78.8 Å². The molecule has 1 spiro atoms. The molecule has 0 aliphatic heterocycles. The highest BCUT2D eigenvalue weighted by atomic mass is 16.5. The van der Waals surface area contributed by atoms with E-state index in [0.717, 1.165) is 24.9 Å². The maximum atomic E-state index is 13.3. The van der Waals surface area contributed by atoms with Crippen molar-refractivity contribution in [2.45, 2.75) is 103 Å². The summed E-state index contributed by atoms with van der Waals surface area (Å²) in [6.45, 7) is 9.38. The number of carbonyl (C=O) groups excluding carboxylic acids is 1. The minimum atomic E-state index is -1.02. The van der Waals surface area contributed by atoms with E-state index in [-0.39, 0.29) is 46.1 Å². The van der Waals surface area contributed by atoms with Crippen LogP contribution in [0.2, 0.25) is 0 Å². The van der Waals surface area contributed by atoms with Crippen LogP contribution in [-0.4, -0.2) is 47.5 Å². The lowest BCUT2D eigenvalue weighted by Crippen LogP contribution is -2.63. The lowest BCUT2D eigenvalue weighted by Gasteiger charge is -2.61. The first-order valence-corrected chi connectivity index (χ1v) is 14.9. The molecule has 37 heavy (non-hydrogen) atoms. The van der Waals surface area contributed by atoms with Crippen molar-refractivity contribution in [3.63, 3.8) is 0 Å². The van der Waals surface area contributed by atoms with E-state index < -0.39 is 5.60 Å². The van der Waals surface area contributed by atoms with Gasteiger partial charge < -0.3 is 20.3 Å². The highest BCUT2D eigenvalue weighted by Gasteiger charge is 2.87. The molecule has 5 aliphatic rings. The van der Waals surface area contributed by atoms with E-state index >= 15 is 0 Å². The van der Waals surface area contributed by atoms with Crippen LogP contribution in [-0.2, 0) is 22.4 Å². The molecular formula is C32H47NO4. The van der Waals surface area contributed by atoms with Crippen LogP contribution in [0.25, 0.3) is 0 Å². The predicted molar refractivity (Wildman–Crippen MR) is 145 cm³/mol. The van der Waals surface area contributed by atoms with Crippen LogP contribution in [0.1, 0.15) is 83.8 Å². The molecule has 0 aromatic heterocycles. The number of aliphatic hydroxyl groups excluding tert-OH is 1. The molecule has 5 aliphatic carbocycles. The summed E-state index contributed by atoms with van der Waals surface area (Å²) in [5.74, 6) is 1.38. The van der Waals surface area contributed by atoms with Crippen LogP contribution >= 0.6 is 0 Å². The smallest absolute Gasteiger partial charge is 0.141 e. The second kappa shape index (κ2) is 8.53. The van der Waals surface area contributed by atoms with Gasteiger partial charge in [-0.1, -0.05) is 32.9 Å². The summed E-state index contributed by atoms with van der Waals surface area (Å²) < 4.78 is 5.85. The van der Waals surface area contributed by atoms with E-state index in [2.05, 4.69) is 44.3 Å². The number of ether oxygens (including phenoxy) is 1. The number of nitrogens with one attached hydrogen (secondary N) is 1. The number of benzene rings is 1. The van der Waals surface area contributed by atoms with Crippen LogP contribution in [0, 0.1) is 39.9 Å². The average molecular weight is 510 g/mol. The molecular weight excluding hydrogens is 462 g/mol. The van der Waals surface area contributed by atoms with Crippen molar-refractivity contribution < 1.29 is 19.7 Å². The molecule has 1 aromatic carbocycles. The second-order valence-electron chi connectivity index (χ2n) is 13.8. The number of fused-ring (bicyclic) bond motifs is 2. The van der Waals surface area contributed by atoms with E-state index in [1.807, 2.05) is 6.92 Å². The summed E-state index contributed by atoms with van der Waals surface area (Å²) in [6, 6.07) is 6.86. The third kappa shape index (κ3) is 3.11. The molecule has 10 unspecified atom stereocenters. The van der Waals surface area contributed by atoms with Crippen molar-refractivity contribution in [3.05, 3.63) is 29.3 Å². The fourth-order valence-electron chi connectivity index (χ4n) is 11.1. The zero-order valence-electron chi connectivity index (χ0n) is 23.5. The average Bonchev–Trinajstić information content (AvgIpc) is 3.48. The minimum Gasteiger partial charge on any atom is -0.392 e. The standard InChI is InChI=1S/C32H47NO4/c1-6-22-8-7-20(14-25(22)33-18-19(2)34)13-21-9-11-31(17-21)12-10-23-15-24-28-26(35)16-27(37-5)32(28,36)29(23,3)30(24,31)4/h7-8,14,19,21,23-24,27-28,33-34,36H,6,9-13,15-18H2,1-5H3. The summed E-state index contributed by atoms with van der Waals surface area (Å²) in [5, 5.41) is 25.7. The Kier molecular flexibility index (Phi) is 5.96. The molecule has 0 heterocycles. The number of aliphatic hydroxyl groups is 2. The van der Waals surface area contributed by atoms with Crippen molar-refractivity contribution in [2.75, 3.05) is 19.0 Å². The number of carbonyl (C=O) groups is 1. The summed E-state index contributed by atoms with van der Waals surface area (Å²) in [5.41, 5.74) is 2.70. The number of methoxy groups -OCH3 is 1. The first-order chi connectivity index (χ1) is 17.6. The monoisotopic (exact) mass is 509 g/mol. The first kappa shape index (κ1) is 25.8. The van der Waals surface area contributed by atoms with Gasteiger partial charge in [0.25, 0.3) is 0 Å². The minimum absolute atomic E-state index is 0.0278. The lowest BCUT2D eigenvalue weighted by atomic mass is 9.44. The Hall–Kier alpha value is -1.43. The number of Topliss-reactive ketones (excluding diaryl/α,β-unsaturated/α-hetero) is 1. The van der Waals surface area contributed by atoms with E-state index in [1.54, 1.807) is 7.11 Å². The number of ketones is 1. The molecule has 0 amide bonds. The Balaban J connectivity index is 1.28. The van der Waals surface area contributed by atoms with Gasteiger partial charge in [0, 0.05) is 31.2 Å². The molecule has 0 radical (unpaired) electrons. The molecule has 5 saturated carbocycles. The van der Waals surface area contributed by atoms with Gasteiger partial charge in [0.15, 0.2) is 0 Å². The van der Waals surface area contributed by atoms with Crippen LogP contribution in [0.15, 0.2) is 18.2 Å². The van der Waals surface area contributed by atoms with Crippen molar-refractivity contribution in [3.8, 4) is 0 Å². The molecule has 0 saturated heterocycles. The fraction of sp³-hybridized carbons (Fsp3) is 0.781. The van der Waals surface area contributed by atoms with Crippen LogP contribution in [0.4, 0.5) is 5.69 Å². The Morgan fingerprint density at radius 2 is 1.95 bits per heavy atom. The fourth-order valence-corrected chi connectivity index (χ4v) is 11.1. The van der Waals surface area contributed by atoms with Crippen molar-refractivity contribution in [1.29, 1.82) is 0 Å². The first-order valence-electron chi connectivity index (χ1n) is 14.9. The third-order valence-electron chi connectivity index (χ3n) is 12.8. The predicted octanol–water partition coefficient (Wildman–Crippen LogP) is 5.16. The number of rotatable bonds is 7. The van der Waals surface area contributed by atoms with E-state index in [4.69, 9.17) is 4.74 Å². The van der Waals surface area contributed by atoms with Crippen LogP contribution in [0.5, 0.6) is 0 Å². The molecule has 5 nitrogen and oxygen atoms in total. The van der Waals surface area contributed by atoms with Crippen molar-refractivity contribution in [1.82, 2.24) is 0 Å². The van der Waals surface area contributed by atoms with E-state index in [1.165, 1.54) is 43.2 Å². The SMILES string of the molecule is CCc1ccc(CC2CCC3(CCC4CC5C6C(=O)CC(OC)C6(O)C4(C)C53C)C2)cc1NCC(C)O. The van der Waals surface area contributed by atoms with Crippen LogP contribution in [0.3, 0.4) is 0 Å². The summed E-state index contributed by atoms with van der Waals surface area (Å²) in [6.07, 6.45) is 8.83. The molecule has 1 aromatic rings. The number of aryl methyl sites for hydroxylation is 1. The highest BCUT2D eigenvalue weighted by Crippen LogP contribution is 2.86. The van der Waals surface area contributed by atoms with Gasteiger partial charge in [-0.3, -0.25) is 4.79 Å². The van der Waals surface area contributed by atoms with Crippen molar-refractivity contribution in [2.24, 2.45) is 39.9 Å².